The van der Waals surface area contributed by atoms with Crippen molar-refractivity contribution in [3.05, 3.63) is 119 Å². The lowest BCUT2D eigenvalue weighted by atomic mass is 9.96. The van der Waals surface area contributed by atoms with E-state index in [2.05, 4.69) is 10.1 Å². The Morgan fingerprint density at radius 1 is 0.915 bits per heavy atom. The Morgan fingerprint density at radius 2 is 1.74 bits per heavy atom. The zero-order valence-corrected chi connectivity index (χ0v) is 25.6. The molecule has 0 radical (unpaired) electrons. The summed E-state index contributed by atoms with van der Waals surface area (Å²) in [6.45, 7) is -0.152. The van der Waals surface area contributed by atoms with Gasteiger partial charge in [-0.3, -0.25) is 0 Å². The summed E-state index contributed by atoms with van der Waals surface area (Å²) in [5.41, 5.74) is 6.12. The van der Waals surface area contributed by atoms with Crippen LogP contribution in [0.2, 0.25) is 0 Å². The Balaban J connectivity index is 1.37. The molecule has 2 N–H and O–H groups in total. The second kappa shape index (κ2) is 13.8. The lowest BCUT2D eigenvalue weighted by molar-refractivity contribution is -0.0424. The van der Waals surface area contributed by atoms with Crippen LogP contribution in [0.5, 0.6) is 5.88 Å². The number of halogens is 3. The third-order valence-corrected chi connectivity index (χ3v) is 7.84. The van der Waals surface area contributed by atoms with Crippen LogP contribution in [-0.2, 0) is 24.3 Å². The van der Waals surface area contributed by atoms with Gasteiger partial charge in [-0.25, -0.2) is 19.0 Å². The minimum atomic E-state index is -2.81. The first-order valence-electron chi connectivity index (χ1n) is 14.8. The van der Waals surface area contributed by atoms with Crippen molar-refractivity contribution in [1.29, 1.82) is 0 Å². The molecule has 0 amide bonds. The van der Waals surface area contributed by atoms with E-state index < -0.39 is 12.8 Å². The first kappa shape index (κ1) is 31.9. The maximum atomic E-state index is 14.4. The van der Waals surface area contributed by atoms with Crippen LogP contribution in [0, 0.1) is 12.7 Å². The minimum absolute atomic E-state index is 0.00238. The number of fused-ring (bicyclic) bond motifs is 1. The highest BCUT2D eigenvalue weighted by molar-refractivity contribution is 5.78. The van der Waals surface area contributed by atoms with Crippen molar-refractivity contribution in [3.63, 3.8) is 0 Å². The van der Waals surface area contributed by atoms with E-state index in [4.69, 9.17) is 14.5 Å². The highest BCUT2D eigenvalue weighted by Gasteiger charge is 2.18. The summed E-state index contributed by atoms with van der Waals surface area (Å²) in [7, 11) is 1.59. The van der Waals surface area contributed by atoms with Gasteiger partial charge in [0.25, 0.3) is 0 Å². The third kappa shape index (κ3) is 7.04. The summed E-state index contributed by atoms with van der Waals surface area (Å²) in [5.74, 6) is 0.625. The SMILES string of the molecule is COCCn1c(Cc2ccc(-c3cccc(OCc4ccc(C)cc4F)n3)cc2-c2cnn(C(F)F)c2)nc2ccc(C(O)O)cc21. The monoisotopic (exact) mass is 643 g/mol. The van der Waals surface area contributed by atoms with Crippen molar-refractivity contribution in [1.82, 2.24) is 24.3 Å². The predicted octanol–water partition coefficient (Wildman–Crippen LogP) is 6.60. The van der Waals surface area contributed by atoms with Crippen LogP contribution in [0.4, 0.5) is 13.2 Å². The lowest BCUT2D eigenvalue weighted by Crippen LogP contribution is -2.09. The number of pyridine rings is 1. The van der Waals surface area contributed by atoms with Crippen molar-refractivity contribution in [2.45, 2.75) is 39.3 Å². The van der Waals surface area contributed by atoms with E-state index in [1.165, 1.54) is 18.5 Å². The molecule has 3 heterocycles. The van der Waals surface area contributed by atoms with Gasteiger partial charge in [0.05, 0.1) is 29.5 Å². The van der Waals surface area contributed by atoms with Crippen molar-refractivity contribution in [2.24, 2.45) is 0 Å². The summed E-state index contributed by atoms with van der Waals surface area (Å²) in [5, 5.41) is 23.4. The van der Waals surface area contributed by atoms with Gasteiger partial charge in [0, 0.05) is 54.6 Å². The lowest BCUT2D eigenvalue weighted by Gasteiger charge is -2.14. The van der Waals surface area contributed by atoms with Crippen molar-refractivity contribution in [3.8, 4) is 28.3 Å². The molecule has 0 bridgehead atoms. The molecule has 3 aromatic carbocycles. The number of ether oxygens (including phenoxy) is 2. The zero-order valence-electron chi connectivity index (χ0n) is 25.6. The molecule has 0 saturated carbocycles. The Kier molecular flexibility index (Phi) is 9.34. The molecule has 3 aromatic heterocycles. The maximum Gasteiger partial charge on any atom is 0.333 e. The van der Waals surface area contributed by atoms with E-state index in [1.807, 2.05) is 35.8 Å². The second-order valence-electron chi connectivity index (χ2n) is 11.1. The Morgan fingerprint density at radius 3 is 2.49 bits per heavy atom. The standard InChI is InChI=1S/C35H32F3N5O4/c1-21-6-7-25(28(36)14-21)20-47-33-5-3-4-29(41-33)23-9-8-22(27(15-23)26-18-39-43(19-26)35(37)38)17-32-40-30-11-10-24(34(44)45)16-31(30)42(32)12-13-46-2/h3-11,14-16,18-19,34-35,44-45H,12-13,17,20H2,1-2H3. The first-order valence-corrected chi connectivity index (χ1v) is 14.8. The molecule has 0 unspecified atom stereocenters. The molecule has 0 spiro atoms. The average molecular weight is 644 g/mol. The van der Waals surface area contributed by atoms with E-state index in [1.54, 1.807) is 49.6 Å². The number of nitrogens with zero attached hydrogens (tertiary/aromatic N) is 5. The maximum absolute atomic E-state index is 14.4. The van der Waals surface area contributed by atoms with Crippen LogP contribution in [0.3, 0.4) is 0 Å². The summed E-state index contributed by atoms with van der Waals surface area (Å²) >= 11 is 0. The van der Waals surface area contributed by atoms with Gasteiger partial charge in [0.1, 0.15) is 18.2 Å². The van der Waals surface area contributed by atoms with Gasteiger partial charge in [0.2, 0.25) is 5.88 Å². The fraction of sp³-hybridized carbons (Fsp3) is 0.229. The van der Waals surface area contributed by atoms with Crippen LogP contribution >= 0.6 is 0 Å². The summed E-state index contributed by atoms with van der Waals surface area (Å²) < 4.78 is 55.1. The van der Waals surface area contributed by atoms with Crippen molar-refractivity contribution in [2.75, 3.05) is 13.7 Å². The fourth-order valence-corrected chi connectivity index (χ4v) is 5.41. The van der Waals surface area contributed by atoms with Crippen molar-refractivity contribution >= 4 is 11.0 Å². The highest BCUT2D eigenvalue weighted by atomic mass is 19.3. The molecule has 0 fully saturated rings. The number of rotatable bonds is 12. The number of aliphatic hydroxyl groups is 2. The van der Waals surface area contributed by atoms with Gasteiger partial charge in [0.15, 0.2) is 6.29 Å². The van der Waals surface area contributed by atoms with Gasteiger partial charge in [-0.05, 0) is 53.9 Å². The number of hydrogen-bond donors (Lipinski definition) is 2. The Bertz CT molecular complexity index is 2020. The first-order chi connectivity index (χ1) is 22.7. The van der Waals surface area contributed by atoms with Gasteiger partial charge in [-0.15, -0.1) is 0 Å². The highest BCUT2D eigenvalue weighted by Crippen LogP contribution is 2.33. The van der Waals surface area contributed by atoms with Crippen molar-refractivity contribution < 1.29 is 32.9 Å². The molecule has 12 heteroatoms. The number of benzene rings is 3. The van der Waals surface area contributed by atoms with Gasteiger partial charge in [-0.2, -0.15) is 13.9 Å². The molecule has 242 valence electrons. The molecular weight excluding hydrogens is 611 g/mol. The van der Waals surface area contributed by atoms with E-state index in [0.29, 0.717) is 80.5 Å². The smallest absolute Gasteiger partial charge is 0.333 e. The number of alkyl halides is 2. The van der Waals surface area contributed by atoms with Crippen LogP contribution in [-0.4, -0.2) is 48.2 Å². The van der Waals surface area contributed by atoms with E-state index in [9.17, 15) is 23.4 Å². The quantitative estimate of drug-likeness (QED) is 0.145. The predicted molar refractivity (Wildman–Crippen MR) is 169 cm³/mol. The van der Waals surface area contributed by atoms with Crippen LogP contribution in [0.25, 0.3) is 33.4 Å². The molecule has 47 heavy (non-hydrogen) atoms. The van der Waals surface area contributed by atoms with Crippen LogP contribution < -0.4 is 4.74 Å². The van der Waals surface area contributed by atoms with Crippen LogP contribution in [0.1, 0.15) is 40.9 Å². The fourth-order valence-electron chi connectivity index (χ4n) is 5.41. The molecule has 0 atom stereocenters. The number of hydrogen-bond acceptors (Lipinski definition) is 7. The summed E-state index contributed by atoms with van der Waals surface area (Å²) in [6, 6.07) is 20.8. The number of methoxy groups -OCH3 is 1. The molecule has 6 rings (SSSR count). The third-order valence-electron chi connectivity index (χ3n) is 7.84. The summed E-state index contributed by atoms with van der Waals surface area (Å²) in [4.78, 5) is 9.46. The number of aliphatic hydroxyl groups excluding tert-OH is 1. The number of aromatic nitrogens is 5. The Hall–Kier alpha value is -5.04. The second-order valence-corrected chi connectivity index (χ2v) is 11.1. The largest absolute Gasteiger partial charge is 0.473 e. The molecule has 0 aliphatic heterocycles. The average Bonchev–Trinajstić information content (AvgIpc) is 3.69. The van der Waals surface area contributed by atoms with E-state index in [-0.39, 0.29) is 12.4 Å². The van der Waals surface area contributed by atoms with Crippen LogP contribution in [0.15, 0.2) is 85.2 Å². The molecule has 0 aliphatic carbocycles. The molecule has 0 aliphatic rings. The number of imidazole rings is 1. The zero-order chi connectivity index (χ0) is 33.1. The van der Waals surface area contributed by atoms with E-state index in [0.717, 1.165) is 11.1 Å². The Labute approximate surface area is 268 Å². The van der Waals surface area contributed by atoms with E-state index >= 15 is 0 Å². The van der Waals surface area contributed by atoms with Gasteiger partial charge < -0.3 is 24.3 Å². The normalized spacial score (nSPS) is 11.7. The molecule has 0 saturated heterocycles. The molecule has 6 aromatic rings. The number of aryl methyl sites for hydroxylation is 1. The minimum Gasteiger partial charge on any atom is -0.473 e. The van der Waals surface area contributed by atoms with Gasteiger partial charge in [-0.1, -0.05) is 36.4 Å². The topological polar surface area (TPSA) is 107 Å². The molecular formula is C35H32F3N5O4. The molecule has 9 nitrogen and oxygen atoms in total. The summed E-state index contributed by atoms with van der Waals surface area (Å²) in [6.07, 6.45) is 1.36. The van der Waals surface area contributed by atoms with Gasteiger partial charge >= 0.3 is 6.55 Å².